The smallest absolute Gasteiger partial charge is 0.410 e. The molecule has 3 aromatic heterocycles. The van der Waals surface area contributed by atoms with Gasteiger partial charge in [-0.25, -0.2) is 4.79 Å². The lowest BCUT2D eigenvalue weighted by Crippen LogP contribution is -2.36. The fraction of sp³-hybridized carbons (Fsp3) is 0.350. The summed E-state index contributed by atoms with van der Waals surface area (Å²) >= 11 is 3.62. The molecule has 0 saturated carbocycles. The van der Waals surface area contributed by atoms with Gasteiger partial charge in [-0.1, -0.05) is 0 Å². The van der Waals surface area contributed by atoms with Crippen LogP contribution in [0.3, 0.4) is 0 Å². The van der Waals surface area contributed by atoms with Gasteiger partial charge in [-0.3, -0.25) is 9.97 Å². The van der Waals surface area contributed by atoms with Gasteiger partial charge in [0.05, 0.1) is 28.4 Å². The monoisotopic (exact) mass is 446 g/mol. The molecule has 0 unspecified atom stereocenters. The zero-order chi connectivity index (χ0) is 20.3. The van der Waals surface area contributed by atoms with Gasteiger partial charge >= 0.3 is 6.09 Å². The second kappa shape index (κ2) is 8.18. The van der Waals surface area contributed by atoms with Gasteiger partial charge in [0.15, 0.2) is 0 Å². The number of ether oxygens (including phenoxy) is 2. The molecule has 0 aliphatic carbocycles. The summed E-state index contributed by atoms with van der Waals surface area (Å²) in [6.45, 7) is 6.21. The minimum Gasteiger partial charge on any atom is -0.489 e. The average Bonchev–Trinajstić information content (AvgIpc) is 2.97. The van der Waals surface area contributed by atoms with Crippen LogP contribution in [0.25, 0.3) is 22.3 Å². The number of pyridine rings is 2. The molecule has 28 heavy (non-hydrogen) atoms. The number of likely N-dealkylation sites (N-methyl/N-ethyl adjacent to an activating group) is 1. The van der Waals surface area contributed by atoms with Crippen molar-refractivity contribution >= 4 is 33.1 Å². The van der Waals surface area contributed by atoms with E-state index in [9.17, 15) is 4.79 Å². The number of rotatable bonds is 5. The third kappa shape index (κ3) is 4.62. The lowest BCUT2D eigenvalue weighted by molar-refractivity contribution is 0.0278. The van der Waals surface area contributed by atoms with Crippen molar-refractivity contribution in [3.05, 3.63) is 41.3 Å². The zero-order valence-electron chi connectivity index (χ0n) is 16.3. The van der Waals surface area contributed by atoms with Crippen molar-refractivity contribution < 1.29 is 14.3 Å². The molecule has 3 rings (SSSR count). The molecule has 0 bridgehead atoms. The first-order valence-electron chi connectivity index (χ1n) is 8.90. The second-order valence-electron chi connectivity index (χ2n) is 7.34. The first kappa shape index (κ1) is 20.1. The fourth-order valence-corrected chi connectivity index (χ4v) is 3.23. The topological polar surface area (TPSA) is 80.3 Å². The first-order valence-corrected chi connectivity index (χ1v) is 9.69. The Morgan fingerprint density at radius 2 is 2.07 bits per heavy atom. The molecule has 0 radical (unpaired) electrons. The Morgan fingerprint density at radius 3 is 2.79 bits per heavy atom. The number of aromatic amines is 1. The van der Waals surface area contributed by atoms with Crippen LogP contribution in [0.2, 0.25) is 0 Å². The van der Waals surface area contributed by atoms with Crippen LogP contribution in [0.4, 0.5) is 4.79 Å². The Kier molecular flexibility index (Phi) is 5.88. The number of nitrogens with one attached hydrogen (secondary N) is 1. The molecule has 0 atom stereocenters. The van der Waals surface area contributed by atoms with Crippen molar-refractivity contribution in [3.63, 3.8) is 0 Å². The van der Waals surface area contributed by atoms with E-state index >= 15 is 0 Å². The number of carbonyl (C=O) groups excluding carboxylic acids is 1. The summed E-state index contributed by atoms with van der Waals surface area (Å²) in [7, 11) is 1.68. The van der Waals surface area contributed by atoms with E-state index in [1.54, 1.807) is 25.6 Å². The van der Waals surface area contributed by atoms with E-state index in [1.807, 2.05) is 39.0 Å². The Morgan fingerprint density at radius 1 is 1.29 bits per heavy atom. The predicted molar refractivity (Wildman–Crippen MR) is 111 cm³/mol. The summed E-state index contributed by atoms with van der Waals surface area (Å²) in [5.74, 6) is 0.618. The van der Waals surface area contributed by atoms with Gasteiger partial charge in [0.2, 0.25) is 0 Å². The largest absolute Gasteiger partial charge is 0.489 e. The van der Waals surface area contributed by atoms with Gasteiger partial charge in [0.25, 0.3) is 0 Å². The van der Waals surface area contributed by atoms with Crippen LogP contribution in [-0.2, 0) is 4.74 Å². The molecule has 8 heteroatoms. The maximum absolute atomic E-state index is 12.1. The van der Waals surface area contributed by atoms with Crippen LogP contribution in [0, 0.1) is 0 Å². The molecule has 3 aromatic rings. The van der Waals surface area contributed by atoms with Crippen LogP contribution in [0.5, 0.6) is 5.75 Å². The predicted octanol–water partition coefficient (Wildman–Crippen LogP) is 4.63. The molecule has 1 amide bonds. The standard InChI is InChI=1S/C20H23BrN4O3/c1-20(2,3)28-19(26)25(4)10-11-27-15-12-22-9-7-13(15)17-16(21)18-14(24-17)6-5-8-23-18/h5-9,12,24H,10-11H2,1-4H3. The summed E-state index contributed by atoms with van der Waals surface area (Å²) in [5, 5.41) is 0. The Balaban J connectivity index is 1.73. The summed E-state index contributed by atoms with van der Waals surface area (Å²) in [6.07, 6.45) is 4.74. The SMILES string of the molecule is CN(CCOc1cnccc1-c1[nH]c2cccnc2c1Br)C(=O)OC(C)(C)C. The van der Waals surface area contributed by atoms with Crippen molar-refractivity contribution in [1.29, 1.82) is 0 Å². The van der Waals surface area contributed by atoms with Crippen LogP contribution >= 0.6 is 15.9 Å². The zero-order valence-corrected chi connectivity index (χ0v) is 17.9. The van der Waals surface area contributed by atoms with E-state index < -0.39 is 5.60 Å². The molecule has 1 N–H and O–H groups in total. The summed E-state index contributed by atoms with van der Waals surface area (Å²) in [5.41, 5.74) is 2.98. The quantitative estimate of drug-likeness (QED) is 0.617. The highest BCUT2D eigenvalue weighted by Crippen LogP contribution is 2.37. The van der Waals surface area contributed by atoms with Crippen molar-refractivity contribution in [3.8, 4) is 17.0 Å². The van der Waals surface area contributed by atoms with Crippen LogP contribution in [0.1, 0.15) is 20.8 Å². The maximum Gasteiger partial charge on any atom is 0.410 e. The molecule has 3 heterocycles. The van der Waals surface area contributed by atoms with Crippen molar-refractivity contribution in [1.82, 2.24) is 19.9 Å². The van der Waals surface area contributed by atoms with Crippen molar-refractivity contribution in [2.45, 2.75) is 26.4 Å². The normalized spacial score (nSPS) is 11.5. The van der Waals surface area contributed by atoms with Gasteiger partial charge in [-0.15, -0.1) is 0 Å². The van der Waals surface area contributed by atoms with E-state index in [0.717, 1.165) is 26.8 Å². The van der Waals surface area contributed by atoms with E-state index in [4.69, 9.17) is 9.47 Å². The summed E-state index contributed by atoms with van der Waals surface area (Å²) < 4.78 is 12.1. The summed E-state index contributed by atoms with van der Waals surface area (Å²) in [6, 6.07) is 5.72. The molecule has 0 fully saturated rings. The van der Waals surface area contributed by atoms with Gasteiger partial charge in [0, 0.05) is 25.0 Å². The minimum absolute atomic E-state index is 0.310. The molecule has 0 aromatic carbocycles. The number of hydrogen-bond acceptors (Lipinski definition) is 5. The third-order valence-electron chi connectivity index (χ3n) is 3.94. The Hall–Kier alpha value is -2.61. The van der Waals surface area contributed by atoms with Crippen molar-refractivity contribution in [2.24, 2.45) is 0 Å². The van der Waals surface area contributed by atoms with Gasteiger partial charge in [-0.05, 0) is 54.9 Å². The van der Waals surface area contributed by atoms with Gasteiger partial charge in [0.1, 0.15) is 23.5 Å². The number of aromatic nitrogens is 3. The number of amides is 1. The number of fused-ring (bicyclic) bond motifs is 1. The van der Waals surface area contributed by atoms with E-state index in [-0.39, 0.29) is 6.09 Å². The summed E-state index contributed by atoms with van der Waals surface area (Å²) in [4.78, 5) is 25.5. The van der Waals surface area contributed by atoms with Gasteiger partial charge in [-0.2, -0.15) is 0 Å². The van der Waals surface area contributed by atoms with Crippen LogP contribution in [-0.4, -0.2) is 51.7 Å². The molecule has 0 aliphatic rings. The Bertz CT molecular complexity index is 981. The van der Waals surface area contributed by atoms with E-state index in [2.05, 4.69) is 30.9 Å². The Labute approximate surface area is 172 Å². The number of nitrogens with zero attached hydrogens (tertiary/aromatic N) is 3. The van der Waals surface area contributed by atoms with Gasteiger partial charge < -0.3 is 19.4 Å². The molecule has 0 spiro atoms. The fourth-order valence-electron chi connectivity index (χ4n) is 2.60. The average molecular weight is 447 g/mol. The van der Waals surface area contributed by atoms with Crippen molar-refractivity contribution in [2.75, 3.05) is 20.2 Å². The number of halogens is 1. The van der Waals surface area contributed by atoms with Crippen LogP contribution < -0.4 is 4.74 Å². The molecule has 7 nitrogen and oxygen atoms in total. The third-order valence-corrected chi connectivity index (χ3v) is 4.71. The lowest BCUT2D eigenvalue weighted by Gasteiger charge is -2.24. The highest BCUT2D eigenvalue weighted by molar-refractivity contribution is 9.10. The molecule has 0 saturated heterocycles. The maximum atomic E-state index is 12.1. The first-order chi connectivity index (χ1) is 13.3. The minimum atomic E-state index is -0.529. The molecule has 0 aliphatic heterocycles. The molecular formula is C20H23BrN4O3. The molecular weight excluding hydrogens is 424 g/mol. The second-order valence-corrected chi connectivity index (χ2v) is 8.13. The van der Waals surface area contributed by atoms with E-state index in [1.165, 1.54) is 4.90 Å². The van der Waals surface area contributed by atoms with Crippen LogP contribution in [0.15, 0.2) is 41.3 Å². The highest BCUT2D eigenvalue weighted by Gasteiger charge is 2.20. The molecule has 148 valence electrons. The number of carbonyl (C=O) groups is 1. The number of H-pyrrole nitrogens is 1. The number of hydrogen-bond donors (Lipinski definition) is 1. The lowest BCUT2D eigenvalue weighted by atomic mass is 10.2. The highest BCUT2D eigenvalue weighted by atomic mass is 79.9. The van der Waals surface area contributed by atoms with E-state index in [0.29, 0.717) is 18.9 Å².